The fourth-order valence-corrected chi connectivity index (χ4v) is 3.02. The van der Waals surface area contributed by atoms with E-state index in [4.69, 9.17) is 0 Å². The molecule has 15 heavy (non-hydrogen) atoms. The number of rotatable bonds is 8. The first-order chi connectivity index (χ1) is 6.94. The van der Waals surface area contributed by atoms with Gasteiger partial charge in [-0.15, -0.1) is 0 Å². The molecule has 0 aliphatic heterocycles. The summed E-state index contributed by atoms with van der Waals surface area (Å²) in [5.41, 5.74) is 0. The predicted molar refractivity (Wildman–Crippen MR) is 64.5 cm³/mol. The third kappa shape index (κ3) is 6.12. The fourth-order valence-electron chi connectivity index (χ4n) is 1.44. The molecule has 0 aromatic carbocycles. The third-order valence-electron chi connectivity index (χ3n) is 2.22. The van der Waals surface area contributed by atoms with Crippen LogP contribution in [0.5, 0.6) is 0 Å². The summed E-state index contributed by atoms with van der Waals surface area (Å²) in [5.74, 6) is 0.267. The van der Waals surface area contributed by atoms with Gasteiger partial charge < -0.3 is 4.90 Å². The van der Waals surface area contributed by atoms with Gasteiger partial charge in [0, 0.05) is 13.1 Å². The van der Waals surface area contributed by atoms with E-state index in [1.54, 1.807) is 4.31 Å². The van der Waals surface area contributed by atoms with Crippen LogP contribution < -0.4 is 0 Å². The van der Waals surface area contributed by atoms with E-state index in [1.165, 1.54) is 0 Å². The molecule has 0 atom stereocenters. The molecule has 0 aromatic rings. The smallest absolute Gasteiger partial charge is 0.214 e. The lowest BCUT2D eigenvalue weighted by molar-refractivity contribution is 0.356. The SMILES string of the molecule is CCCS(=O)(=O)N(CC)CCCN(C)C. The molecule has 4 nitrogen and oxygen atoms in total. The second-order valence-corrected chi connectivity index (χ2v) is 6.05. The van der Waals surface area contributed by atoms with E-state index in [2.05, 4.69) is 4.90 Å². The van der Waals surface area contributed by atoms with E-state index in [0.29, 0.717) is 19.5 Å². The van der Waals surface area contributed by atoms with Crippen molar-refractivity contribution < 1.29 is 8.42 Å². The van der Waals surface area contributed by atoms with Gasteiger partial charge in [0.2, 0.25) is 10.0 Å². The Morgan fingerprint density at radius 3 is 2.07 bits per heavy atom. The first kappa shape index (κ1) is 14.9. The van der Waals surface area contributed by atoms with Crippen molar-refractivity contribution in [3.63, 3.8) is 0 Å². The van der Waals surface area contributed by atoms with Crippen molar-refractivity contribution in [1.82, 2.24) is 9.21 Å². The largest absolute Gasteiger partial charge is 0.309 e. The molecule has 0 bridgehead atoms. The molecule has 0 amide bonds. The topological polar surface area (TPSA) is 40.6 Å². The van der Waals surface area contributed by atoms with Gasteiger partial charge in [0.25, 0.3) is 0 Å². The Hall–Kier alpha value is -0.130. The van der Waals surface area contributed by atoms with Gasteiger partial charge >= 0.3 is 0 Å². The Kier molecular flexibility index (Phi) is 7.13. The third-order valence-corrected chi connectivity index (χ3v) is 4.37. The Balaban J connectivity index is 4.13. The van der Waals surface area contributed by atoms with Gasteiger partial charge in [-0.2, -0.15) is 0 Å². The molecular weight excluding hydrogens is 212 g/mol. The van der Waals surface area contributed by atoms with Crippen LogP contribution in [0.3, 0.4) is 0 Å². The summed E-state index contributed by atoms with van der Waals surface area (Å²) < 4.78 is 25.1. The minimum atomic E-state index is -3.01. The quantitative estimate of drug-likeness (QED) is 0.631. The van der Waals surface area contributed by atoms with Gasteiger partial charge in [0.1, 0.15) is 0 Å². The molecule has 0 fully saturated rings. The zero-order valence-electron chi connectivity index (χ0n) is 10.4. The van der Waals surface area contributed by atoms with Crippen molar-refractivity contribution in [2.75, 3.05) is 39.5 Å². The molecule has 0 spiro atoms. The Bertz CT molecular complexity index is 250. The molecule has 0 heterocycles. The highest BCUT2D eigenvalue weighted by molar-refractivity contribution is 7.89. The van der Waals surface area contributed by atoms with Crippen molar-refractivity contribution in [1.29, 1.82) is 0 Å². The van der Waals surface area contributed by atoms with E-state index in [0.717, 1.165) is 13.0 Å². The molecule has 0 radical (unpaired) electrons. The summed E-state index contributed by atoms with van der Waals surface area (Å²) in [6, 6.07) is 0. The molecule has 0 aromatic heterocycles. The van der Waals surface area contributed by atoms with Crippen molar-refractivity contribution in [3.8, 4) is 0 Å². The first-order valence-electron chi connectivity index (χ1n) is 5.56. The summed E-state index contributed by atoms with van der Waals surface area (Å²) in [7, 11) is 0.988. The van der Waals surface area contributed by atoms with Gasteiger partial charge in [-0.25, -0.2) is 12.7 Å². The van der Waals surface area contributed by atoms with Crippen molar-refractivity contribution >= 4 is 10.0 Å². The summed E-state index contributed by atoms with van der Waals surface area (Å²) in [5, 5.41) is 0. The molecule has 0 aliphatic carbocycles. The van der Waals surface area contributed by atoms with E-state index < -0.39 is 10.0 Å². The van der Waals surface area contributed by atoms with Gasteiger partial charge in [0.15, 0.2) is 0 Å². The van der Waals surface area contributed by atoms with Crippen LogP contribution in [-0.4, -0.2) is 57.1 Å². The van der Waals surface area contributed by atoms with Crippen molar-refractivity contribution in [3.05, 3.63) is 0 Å². The van der Waals surface area contributed by atoms with Gasteiger partial charge in [-0.1, -0.05) is 13.8 Å². The zero-order valence-corrected chi connectivity index (χ0v) is 11.2. The average molecular weight is 236 g/mol. The summed E-state index contributed by atoms with van der Waals surface area (Å²) in [6.07, 6.45) is 1.58. The molecule has 0 saturated carbocycles. The lowest BCUT2D eigenvalue weighted by Gasteiger charge is -2.21. The molecule has 92 valence electrons. The number of hydrogen-bond acceptors (Lipinski definition) is 3. The number of nitrogens with zero attached hydrogens (tertiary/aromatic N) is 2. The van der Waals surface area contributed by atoms with Crippen LogP contribution in [0.15, 0.2) is 0 Å². The lowest BCUT2D eigenvalue weighted by atomic mass is 10.4. The highest BCUT2D eigenvalue weighted by Gasteiger charge is 2.18. The van der Waals surface area contributed by atoms with E-state index in [-0.39, 0.29) is 5.75 Å². The highest BCUT2D eigenvalue weighted by Crippen LogP contribution is 2.04. The molecule has 5 heteroatoms. The van der Waals surface area contributed by atoms with Crippen LogP contribution in [0.25, 0.3) is 0 Å². The lowest BCUT2D eigenvalue weighted by Crippen LogP contribution is -2.34. The van der Waals surface area contributed by atoms with Crippen LogP contribution >= 0.6 is 0 Å². The van der Waals surface area contributed by atoms with Gasteiger partial charge in [-0.3, -0.25) is 0 Å². The van der Waals surface area contributed by atoms with Gasteiger partial charge in [0.05, 0.1) is 5.75 Å². The Morgan fingerprint density at radius 1 is 1.07 bits per heavy atom. The molecule has 0 N–H and O–H groups in total. The first-order valence-corrected chi connectivity index (χ1v) is 7.17. The summed E-state index contributed by atoms with van der Waals surface area (Å²) in [6.45, 7) is 5.93. The molecule has 0 aliphatic rings. The second-order valence-electron chi connectivity index (χ2n) is 3.96. The maximum absolute atomic E-state index is 11.7. The standard InChI is InChI=1S/C10H24N2O2S/c1-5-10-15(13,14)12(6-2)9-7-8-11(3)4/h5-10H2,1-4H3. The van der Waals surface area contributed by atoms with Crippen LogP contribution in [-0.2, 0) is 10.0 Å². The second kappa shape index (κ2) is 7.19. The average Bonchev–Trinajstić information content (AvgIpc) is 2.11. The fraction of sp³-hybridized carbons (Fsp3) is 1.00. The monoisotopic (exact) mass is 236 g/mol. The van der Waals surface area contributed by atoms with Crippen molar-refractivity contribution in [2.24, 2.45) is 0 Å². The summed E-state index contributed by atoms with van der Waals surface area (Å²) >= 11 is 0. The molecular formula is C10H24N2O2S. The van der Waals surface area contributed by atoms with E-state index in [1.807, 2.05) is 27.9 Å². The Morgan fingerprint density at radius 2 is 1.67 bits per heavy atom. The molecule has 0 unspecified atom stereocenters. The highest BCUT2D eigenvalue weighted by atomic mass is 32.2. The normalized spacial score (nSPS) is 12.7. The van der Waals surface area contributed by atoms with Crippen LogP contribution in [0.4, 0.5) is 0 Å². The molecule has 0 rings (SSSR count). The minimum Gasteiger partial charge on any atom is -0.309 e. The van der Waals surface area contributed by atoms with E-state index >= 15 is 0 Å². The summed E-state index contributed by atoms with van der Waals surface area (Å²) in [4.78, 5) is 2.07. The minimum absolute atomic E-state index is 0.267. The van der Waals surface area contributed by atoms with Gasteiger partial charge in [-0.05, 0) is 33.5 Å². The predicted octanol–water partition coefficient (Wildman–Crippen LogP) is 1.000. The number of sulfonamides is 1. The maximum atomic E-state index is 11.7. The maximum Gasteiger partial charge on any atom is 0.214 e. The van der Waals surface area contributed by atoms with Crippen LogP contribution in [0.1, 0.15) is 26.7 Å². The van der Waals surface area contributed by atoms with E-state index in [9.17, 15) is 8.42 Å². The van der Waals surface area contributed by atoms with Crippen LogP contribution in [0.2, 0.25) is 0 Å². The molecule has 0 saturated heterocycles. The Labute approximate surface area is 94.3 Å². The zero-order chi connectivity index (χ0) is 11.9. The van der Waals surface area contributed by atoms with Crippen LogP contribution in [0, 0.1) is 0 Å². The van der Waals surface area contributed by atoms with Crippen molar-refractivity contribution in [2.45, 2.75) is 26.7 Å². The number of hydrogen-bond donors (Lipinski definition) is 0.